The normalized spacial score (nSPS) is 13.9. The number of rotatable bonds is 5. The number of esters is 1. The largest absolute Gasteiger partial charge is 0.465 e. The van der Waals surface area contributed by atoms with Crippen LogP contribution in [0.15, 0.2) is 10.3 Å². The second kappa shape index (κ2) is 6.53. The minimum absolute atomic E-state index is 0.0502. The SMILES string of the molecule is COC(=O)c1cc(C(C)(C)O)sc1S(=O)(=O)N[Si](C)(C)C(C)(C)C. The molecule has 24 heavy (non-hydrogen) atoms. The van der Waals surface area contributed by atoms with E-state index in [1.165, 1.54) is 27.0 Å². The Labute approximate surface area is 149 Å². The van der Waals surface area contributed by atoms with E-state index in [0.29, 0.717) is 4.88 Å². The highest BCUT2D eigenvalue weighted by Crippen LogP contribution is 2.38. The first kappa shape index (κ1) is 21.3. The smallest absolute Gasteiger partial charge is 0.340 e. The first-order chi connectivity index (χ1) is 10.5. The van der Waals surface area contributed by atoms with Crippen molar-refractivity contribution in [2.24, 2.45) is 0 Å². The van der Waals surface area contributed by atoms with Gasteiger partial charge in [0.15, 0.2) is 0 Å². The third-order valence-electron chi connectivity index (χ3n) is 4.21. The molecule has 0 bridgehead atoms. The van der Waals surface area contributed by atoms with Crippen LogP contribution in [-0.4, -0.2) is 34.8 Å². The minimum Gasteiger partial charge on any atom is -0.465 e. The van der Waals surface area contributed by atoms with Gasteiger partial charge in [-0.25, -0.2) is 17.6 Å². The molecule has 0 aliphatic heterocycles. The molecule has 0 saturated carbocycles. The first-order valence-corrected chi connectivity index (χ1v) is 12.8. The van der Waals surface area contributed by atoms with E-state index in [4.69, 9.17) is 4.74 Å². The van der Waals surface area contributed by atoms with Crippen molar-refractivity contribution in [1.82, 2.24) is 4.39 Å². The van der Waals surface area contributed by atoms with Gasteiger partial charge in [0.2, 0.25) is 10.0 Å². The molecule has 2 N–H and O–H groups in total. The standard InChI is InChI=1S/C15H27NO5S2Si/c1-14(2,3)24(7,8)16-23(19,20)13-10(12(17)21-6)9-11(22-13)15(4,5)18/h9,16,18H,1-8H3. The Hall–Kier alpha value is -0.743. The summed E-state index contributed by atoms with van der Waals surface area (Å²) in [7, 11) is -5.09. The molecule has 1 aromatic rings. The molecular weight excluding hydrogens is 366 g/mol. The topological polar surface area (TPSA) is 92.7 Å². The Balaban J connectivity index is 3.48. The van der Waals surface area contributed by atoms with Gasteiger partial charge in [-0.15, -0.1) is 11.3 Å². The summed E-state index contributed by atoms with van der Waals surface area (Å²) in [5.41, 5.74) is -1.30. The van der Waals surface area contributed by atoms with Crippen molar-refractivity contribution in [2.45, 2.75) is 62.6 Å². The fraction of sp³-hybridized carbons (Fsp3) is 0.667. The van der Waals surface area contributed by atoms with Gasteiger partial charge in [0.25, 0.3) is 0 Å². The molecule has 0 amide bonds. The Morgan fingerprint density at radius 1 is 1.25 bits per heavy atom. The molecule has 0 aromatic carbocycles. The third-order valence-corrected chi connectivity index (χ3v) is 13.9. The average Bonchev–Trinajstić information content (AvgIpc) is 2.80. The fourth-order valence-corrected chi connectivity index (χ4v) is 8.34. The monoisotopic (exact) mass is 393 g/mol. The van der Waals surface area contributed by atoms with Crippen LogP contribution in [0.4, 0.5) is 0 Å². The van der Waals surface area contributed by atoms with Gasteiger partial charge in [-0.05, 0) is 25.0 Å². The van der Waals surface area contributed by atoms with E-state index >= 15 is 0 Å². The predicted octanol–water partition coefficient (Wildman–Crippen LogP) is 3.05. The molecule has 6 nitrogen and oxygen atoms in total. The van der Waals surface area contributed by atoms with Crippen molar-refractivity contribution < 1.29 is 23.1 Å². The van der Waals surface area contributed by atoms with Gasteiger partial charge in [-0.2, -0.15) is 0 Å². The zero-order valence-corrected chi connectivity index (χ0v) is 18.1. The molecule has 0 atom stereocenters. The van der Waals surface area contributed by atoms with E-state index in [1.54, 1.807) is 0 Å². The van der Waals surface area contributed by atoms with Gasteiger partial charge in [0, 0.05) is 4.88 Å². The van der Waals surface area contributed by atoms with Crippen LogP contribution in [0.5, 0.6) is 0 Å². The van der Waals surface area contributed by atoms with Crippen LogP contribution in [0, 0.1) is 0 Å². The molecule has 0 radical (unpaired) electrons. The molecule has 0 spiro atoms. The number of hydrogen-bond donors (Lipinski definition) is 2. The maximum Gasteiger partial charge on any atom is 0.340 e. The summed E-state index contributed by atoms with van der Waals surface area (Å²) in [5, 5.41) is 9.95. The summed E-state index contributed by atoms with van der Waals surface area (Å²) < 4.78 is 33.2. The molecule has 0 aliphatic rings. The van der Waals surface area contributed by atoms with Crippen LogP contribution in [-0.2, 0) is 20.4 Å². The lowest BCUT2D eigenvalue weighted by molar-refractivity contribution is 0.0596. The summed E-state index contributed by atoms with van der Waals surface area (Å²) in [6.45, 7) is 12.9. The molecule has 9 heteroatoms. The van der Waals surface area contributed by atoms with Crippen molar-refractivity contribution >= 4 is 35.6 Å². The quantitative estimate of drug-likeness (QED) is 0.592. The number of aliphatic hydroxyl groups is 1. The van der Waals surface area contributed by atoms with Gasteiger partial charge in [-0.3, -0.25) is 0 Å². The van der Waals surface area contributed by atoms with Gasteiger partial charge in [0.1, 0.15) is 12.4 Å². The van der Waals surface area contributed by atoms with E-state index in [1.807, 2.05) is 33.9 Å². The highest BCUT2D eigenvalue weighted by Gasteiger charge is 2.41. The second-order valence-corrected chi connectivity index (χ2v) is 16.1. The van der Waals surface area contributed by atoms with Crippen LogP contribution in [0.3, 0.4) is 0 Å². The lowest BCUT2D eigenvalue weighted by Crippen LogP contribution is -2.54. The Bertz CT molecular complexity index is 724. The Morgan fingerprint density at radius 2 is 1.75 bits per heavy atom. The first-order valence-electron chi connectivity index (χ1n) is 7.52. The summed E-state index contributed by atoms with van der Waals surface area (Å²) in [4.78, 5) is 12.4. The average molecular weight is 394 g/mol. The molecule has 0 aliphatic carbocycles. The van der Waals surface area contributed by atoms with Crippen LogP contribution >= 0.6 is 11.3 Å². The molecule has 0 saturated heterocycles. The number of ether oxygens (including phenoxy) is 1. The molecular formula is C15H27NO5S2Si. The second-order valence-electron chi connectivity index (χ2n) is 7.84. The summed E-state index contributed by atoms with van der Waals surface area (Å²) in [5.74, 6) is -0.739. The lowest BCUT2D eigenvalue weighted by atomic mass is 10.1. The molecule has 1 rings (SSSR count). The summed E-state index contributed by atoms with van der Waals surface area (Å²) in [6.07, 6.45) is 0. The van der Waals surface area contributed by atoms with E-state index in [9.17, 15) is 18.3 Å². The lowest BCUT2D eigenvalue weighted by Gasteiger charge is -2.36. The molecule has 1 heterocycles. The maximum atomic E-state index is 12.9. The van der Waals surface area contributed by atoms with Crippen LogP contribution in [0.2, 0.25) is 18.1 Å². The van der Waals surface area contributed by atoms with Gasteiger partial charge >= 0.3 is 5.97 Å². The minimum atomic E-state index is -3.91. The highest BCUT2D eigenvalue weighted by atomic mass is 32.2. The summed E-state index contributed by atoms with van der Waals surface area (Å²) in [6, 6.07) is 1.39. The Kier molecular flexibility index (Phi) is 5.79. The number of carbonyl (C=O) groups excluding carboxylic acids is 1. The van der Waals surface area contributed by atoms with Crippen LogP contribution in [0.1, 0.15) is 49.9 Å². The van der Waals surface area contributed by atoms with Gasteiger partial charge in [0.05, 0.1) is 18.3 Å². The zero-order valence-electron chi connectivity index (χ0n) is 15.5. The number of methoxy groups -OCH3 is 1. The van der Waals surface area contributed by atoms with Crippen molar-refractivity contribution in [1.29, 1.82) is 0 Å². The number of carbonyl (C=O) groups is 1. The van der Waals surface area contributed by atoms with E-state index in [2.05, 4.69) is 4.39 Å². The number of sulfonamides is 1. The number of nitrogens with one attached hydrogen (secondary N) is 1. The number of hydrogen-bond acceptors (Lipinski definition) is 6. The van der Waals surface area contributed by atoms with Gasteiger partial charge < -0.3 is 9.84 Å². The molecule has 0 fully saturated rings. The number of thiophene rings is 1. The highest BCUT2D eigenvalue weighted by molar-refractivity contribution is 7.93. The van der Waals surface area contributed by atoms with E-state index in [-0.39, 0.29) is 14.8 Å². The fourth-order valence-electron chi connectivity index (χ4n) is 1.66. The predicted molar refractivity (Wildman–Crippen MR) is 98.4 cm³/mol. The van der Waals surface area contributed by atoms with Crippen molar-refractivity contribution in [3.8, 4) is 0 Å². The molecule has 0 unspecified atom stereocenters. The third kappa shape index (κ3) is 4.45. The summed E-state index contributed by atoms with van der Waals surface area (Å²) >= 11 is 0.889. The zero-order chi connectivity index (χ0) is 19.1. The van der Waals surface area contributed by atoms with Crippen molar-refractivity contribution in [2.75, 3.05) is 7.11 Å². The van der Waals surface area contributed by atoms with Crippen molar-refractivity contribution in [3.05, 3.63) is 16.5 Å². The van der Waals surface area contributed by atoms with Gasteiger partial charge in [-0.1, -0.05) is 33.9 Å². The Morgan fingerprint density at radius 3 is 2.12 bits per heavy atom. The molecule has 138 valence electrons. The van der Waals surface area contributed by atoms with Crippen LogP contribution < -0.4 is 4.39 Å². The van der Waals surface area contributed by atoms with Crippen molar-refractivity contribution in [3.63, 3.8) is 0 Å². The van der Waals surface area contributed by atoms with Crippen LogP contribution in [0.25, 0.3) is 0 Å². The molecule has 1 aromatic heterocycles. The van der Waals surface area contributed by atoms with E-state index in [0.717, 1.165) is 11.3 Å². The van der Waals surface area contributed by atoms with E-state index < -0.39 is 29.8 Å². The maximum absolute atomic E-state index is 12.9.